The van der Waals surface area contributed by atoms with Crippen molar-refractivity contribution in [3.8, 4) is 11.1 Å². The molecule has 11 rings (SSSR count). The van der Waals surface area contributed by atoms with Crippen LogP contribution in [-0.2, 0) is 0 Å². The van der Waals surface area contributed by atoms with Crippen molar-refractivity contribution < 1.29 is 0 Å². The molecule has 2 heterocycles. The van der Waals surface area contributed by atoms with Gasteiger partial charge in [-0.3, -0.25) is 0 Å². The lowest BCUT2D eigenvalue weighted by molar-refractivity contribution is 1.25. The summed E-state index contributed by atoms with van der Waals surface area (Å²) in [7, 11) is 0. The van der Waals surface area contributed by atoms with Gasteiger partial charge in [-0.05, 0) is 103 Å². The van der Waals surface area contributed by atoms with E-state index < -0.39 is 0 Å². The van der Waals surface area contributed by atoms with Crippen LogP contribution in [0.5, 0.6) is 0 Å². The van der Waals surface area contributed by atoms with Gasteiger partial charge in [-0.2, -0.15) is 0 Å². The number of para-hydroxylation sites is 4. The molecule has 0 unspecified atom stereocenters. The van der Waals surface area contributed by atoms with Gasteiger partial charge in [-0.15, -0.1) is 0 Å². The summed E-state index contributed by atoms with van der Waals surface area (Å²) in [5.74, 6) is 0. The maximum atomic E-state index is 2.51. The first kappa shape index (κ1) is 28.3. The van der Waals surface area contributed by atoms with E-state index in [-0.39, 0.29) is 6.71 Å². The van der Waals surface area contributed by atoms with Gasteiger partial charge in [0.1, 0.15) is 0 Å². The van der Waals surface area contributed by atoms with E-state index in [1.54, 1.807) is 0 Å². The lowest BCUT2D eigenvalue weighted by atomic mass is 9.33. The third kappa shape index (κ3) is 4.06. The molecule has 2 aliphatic rings. The van der Waals surface area contributed by atoms with Crippen molar-refractivity contribution in [2.45, 2.75) is 0 Å². The quantitative estimate of drug-likeness (QED) is 0.139. The first-order chi connectivity index (χ1) is 25.3. The van der Waals surface area contributed by atoms with Crippen LogP contribution in [-0.4, -0.2) is 6.71 Å². The molecular weight excluding hydrogens is 615 g/mol. The van der Waals surface area contributed by atoms with Crippen LogP contribution in [0.4, 0.5) is 34.1 Å². The van der Waals surface area contributed by atoms with Crippen molar-refractivity contribution >= 4 is 89.5 Å². The molecule has 0 N–H and O–H groups in total. The van der Waals surface area contributed by atoms with Crippen molar-refractivity contribution in [3.63, 3.8) is 0 Å². The Kier molecular flexibility index (Phi) is 6.08. The maximum absolute atomic E-state index is 2.51. The highest BCUT2D eigenvalue weighted by molar-refractivity contribution is 7.00. The second kappa shape index (κ2) is 11.0. The predicted molar refractivity (Wildman–Crippen MR) is 218 cm³/mol. The number of hydrogen-bond acceptors (Lipinski definition) is 2. The van der Waals surface area contributed by atoms with Crippen molar-refractivity contribution in [2.24, 2.45) is 0 Å². The Morgan fingerprint density at radius 1 is 0.314 bits per heavy atom. The molecule has 9 aromatic carbocycles. The predicted octanol–water partition coefficient (Wildman–Crippen LogP) is 10.9. The summed E-state index contributed by atoms with van der Waals surface area (Å²) in [6.45, 7) is 0.118. The molecule has 0 spiro atoms. The van der Waals surface area contributed by atoms with Crippen LogP contribution in [0.15, 0.2) is 188 Å². The van der Waals surface area contributed by atoms with E-state index in [1.165, 1.54) is 94.0 Å². The molecule has 0 amide bonds. The number of benzene rings is 9. The highest BCUT2D eigenvalue weighted by Crippen LogP contribution is 2.46. The fraction of sp³-hybridized carbons (Fsp3) is 0. The van der Waals surface area contributed by atoms with Gasteiger partial charge >= 0.3 is 0 Å². The topological polar surface area (TPSA) is 6.48 Å². The second-order valence-electron chi connectivity index (χ2n) is 13.6. The zero-order valence-electron chi connectivity index (χ0n) is 27.9. The van der Waals surface area contributed by atoms with E-state index >= 15 is 0 Å². The minimum Gasteiger partial charge on any atom is -0.311 e. The number of anilines is 6. The van der Waals surface area contributed by atoms with E-state index in [0.717, 1.165) is 0 Å². The molecule has 9 aromatic rings. The van der Waals surface area contributed by atoms with Crippen LogP contribution < -0.4 is 26.2 Å². The van der Waals surface area contributed by atoms with Crippen LogP contribution in [0.25, 0.3) is 43.4 Å². The molecule has 0 radical (unpaired) electrons. The molecule has 0 atom stereocenters. The smallest absolute Gasteiger partial charge is 0.252 e. The number of fused-ring (bicyclic) bond motifs is 10. The molecule has 0 saturated carbocycles. The van der Waals surface area contributed by atoms with Crippen molar-refractivity contribution in [3.05, 3.63) is 188 Å². The molecule has 3 heteroatoms. The van der Waals surface area contributed by atoms with Gasteiger partial charge in [-0.25, -0.2) is 0 Å². The summed E-state index contributed by atoms with van der Waals surface area (Å²) >= 11 is 0. The Bertz CT molecular complexity index is 2810. The number of hydrogen-bond donors (Lipinski definition) is 0. The summed E-state index contributed by atoms with van der Waals surface area (Å²) in [5, 5.41) is 7.74. The molecule has 2 aliphatic heterocycles. The van der Waals surface area contributed by atoms with E-state index in [0.29, 0.717) is 0 Å². The van der Waals surface area contributed by atoms with Gasteiger partial charge in [0.05, 0.1) is 5.69 Å². The third-order valence-electron chi connectivity index (χ3n) is 11.0. The van der Waals surface area contributed by atoms with Crippen LogP contribution in [0.2, 0.25) is 0 Å². The van der Waals surface area contributed by atoms with Crippen molar-refractivity contribution in [1.29, 1.82) is 0 Å². The van der Waals surface area contributed by atoms with Crippen LogP contribution in [0.1, 0.15) is 0 Å². The first-order valence-electron chi connectivity index (χ1n) is 17.7. The minimum absolute atomic E-state index is 0.118. The minimum atomic E-state index is 0.118. The van der Waals surface area contributed by atoms with E-state index in [1.807, 2.05) is 0 Å². The number of rotatable bonds is 3. The molecule has 51 heavy (non-hydrogen) atoms. The highest BCUT2D eigenvalue weighted by atomic mass is 15.2. The van der Waals surface area contributed by atoms with Gasteiger partial charge in [0.25, 0.3) is 6.71 Å². The Morgan fingerprint density at radius 2 is 0.784 bits per heavy atom. The molecule has 0 bridgehead atoms. The molecule has 0 aliphatic carbocycles. The summed E-state index contributed by atoms with van der Waals surface area (Å²) in [4.78, 5) is 4.96. The monoisotopic (exact) mass is 646 g/mol. The van der Waals surface area contributed by atoms with Crippen LogP contribution in [0, 0.1) is 0 Å². The lowest BCUT2D eigenvalue weighted by Crippen LogP contribution is -2.61. The van der Waals surface area contributed by atoms with Gasteiger partial charge < -0.3 is 9.80 Å². The Hall–Kier alpha value is -6.58. The van der Waals surface area contributed by atoms with E-state index in [2.05, 4.69) is 198 Å². The lowest BCUT2D eigenvalue weighted by Gasteiger charge is -2.44. The zero-order chi connectivity index (χ0) is 33.5. The van der Waals surface area contributed by atoms with Gasteiger partial charge in [0, 0.05) is 34.0 Å². The molecule has 0 aromatic heterocycles. The Morgan fingerprint density at radius 3 is 1.45 bits per heavy atom. The largest absolute Gasteiger partial charge is 0.311 e. The first-order valence-corrected chi connectivity index (χ1v) is 17.7. The Balaban J connectivity index is 1.17. The molecular formula is C48H31BN2. The van der Waals surface area contributed by atoms with Gasteiger partial charge in [0.15, 0.2) is 0 Å². The fourth-order valence-corrected chi connectivity index (χ4v) is 8.94. The SMILES string of the molecule is c1ccc(N2c3ccccc3B3c4ccccc4N(c4ccccc4-c4ccc5c6ccccc6c6ccccc6c5c4)c4cccc2c43)cc1. The summed E-state index contributed by atoms with van der Waals surface area (Å²) < 4.78 is 0. The molecule has 0 fully saturated rings. The molecule has 2 nitrogen and oxygen atoms in total. The fourth-order valence-electron chi connectivity index (χ4n) is 8.94. The van der Waals surface area contributed by atoms with E-state index in [4.69, 9.17) is 0 Å². The third-order valence-corrected chi connectivity index (χ3v) is 11.0. The summed E-state index contributed by atoms with van der Waals surface area (Å²) in [6, 6.07) is 69.2. The van der Waals surface area contributed by atoms with Crippen molar-refractivity contribution in [2.75, 3.05) is 9.80 Å². The van der Waals surface area contributed by atoms with Crippen LogP contribution in [0.3, 0.4) is 0 Å². The van der Waals surface area contributed by atoms with Gasteiger partial charge in [-0.1, -0.05) is 140 Å². The van der Waals surface area contributed by atoms with Crippen molar-refractivity contribution in [1.82, 2.24) is 0 Å². The van der Waals surface area contributed by atoms with E-state index in [9.17, 15) is 0 Å². The molecule has 0 saturated heterocycles. The van der Waals surface area contributed by atoms with Gasteiger partial charge in [0.2, 0.25) is 0 Å². The maximum Gasteiger partial charge on any atom is 0.252 e. The summed E-state index contributed by atoms with van der Waals surface area (Å²) in [6.07, 6.45) is 0. The zero-order valence-corrected chi connectivity index (χ0v) is 27.9. The average molecular weight is 647 g/mol. The number of nitrogens with zero attached hydrogens (tertiary/aromatic N) is 2. The Labute approximate surface area is 297 Å². The second-order valence-corrected chi connectivity index (χ2v) is 13.6. The average Bonchev–Trinajstić information content (AvgIpc) is 3.21. The molecule has 236 valence electrons. The normalized spacial score (nSPS) is 13.0. The standard InChI is InChI=1S/C48H31BN2/c1-2-15-33(16-3-1)50-44-25-12-9-22-41(44)49-42-23-10-13-26-45(42)51(47-28-14-27-46(50)48(47)49)43-24-11-8-17-34(43)32-29-30-39-37-20-5-4-18-35(37)36-19-6-7-21-38(36)40(39)31-32/h1-31H. The summed E-state index contributed by atoms with van der Waals surface area (Å²) in [5.41, 5.74) is 13.6. The van der Waals surface area contributed by atoms with Crippen LogP contribution >= 0.6 is 0 Å². The highest BCUT2D eigenvalue weighted by Gasteiger charge is 2.43.